The van der Waals surface area contributed by atoms with Gasteiger partial charge in [-0.3, -0.25) is 4.90 Å². The highest BCUT2D eigenvalue weighted by Crippen LogP contribution is 2.45. The minimum absolute atomic E-state index is 0.0720. The lowest BCUT2D eigenvalue weighted by atomic mass is 9.78. The lowest BCUT2D eigenvalue weighted by Crippen LogP contribution is -2.53. The van der Waals surface area contributed by atoms with Crippen molar-refractivity contribution in [2.75, 3.05) is 26.2 Å². The molecule has 2 aromatic rings. The lowest BCUT2D eigenvalue weighted by Gasteiger charge is -2.44. The van der Waals surface area contributed by atoms with Crippen molar-refractivity contribution in [3.8, 4) is 16.9 Å². The van der Waals surface area contributed by atoms with Crippen molar-refractivity contribution in [2.24, 2.45) is 11.3 Å². The van der Waals surface area contributed by atoms with Crippen LogP contribution in [0.25, 0.3) is 11.1 Å². The number of hydrogen-bond acceptors (Lipinski definition) is 4. The number of piperidine rings is 3. The van der Waals surface area contributed by atoms with Crippen molar-refractivity contribution in [1.82, 2.24) is 10.2 Å². The SMILES string of the molecule is CC(C)c1cccc(-c2cc3c(cc2F)C(NC(=O)OC2CN4CCC2CC4)C(C)(C)CO3)c1. The van der Waals surface area contributed by atoms with Crippen molar-refractivity contribution in [2.45, 2.75) is 58.6 Å². The molecule has 5 nitrogen and oxygen atoms in total. The molecule has 2 bridgehead atoms. The molecule has 3 saturated heterocycles. The molecular formula is C28H35FN2O3. The molecule has 0 aromatic heterocycles. The highest BCUT2D eigenvalue weighted by atomic mass is 19.1. The van der Waals surface area contributed by atoms with Crippen molar-refractivity contribution < 1.29 is 18.7 Å². The molecule has 182 valence electrons. The molecule has 0 saturated carbocycles. The van der Waals surface area contributed by atoms with Crippen LogP contribution in [-0.4, -0.2) is 43.3 Å². The van der Waals surface area contributed by atoms with Crippen LogP contribution in [0.2, 0.25) is 0 Å². The minimum Gasteiger partial charge on any atom is -0.493 e. The Balaban J connectivity index is 1.40. The Labute approximate surface area is 201 Å². The summed E-state index contributed by atoms with van der Waals surface area (Å²) in [6.07, 6.45) is 1.65. The van der Waals surface area contributed by atoms with Gasteiger partial charge in [-0.1, -0.05) is 52.0 Å². The topological polar surface area (TPSA) is 50.8 Å². The van der Waals surface area contributed by atoms with Gasteiger partial charge in [-0.15, -0.1) is 0 Å². The van der Waals surface area contributed by atoms with Gasteiger partial charge in [0, 0.05) is 23.1 Å². The van der Waals surface area contributed by atoms with Crippen molar-refractivity contribution in [3.63, 3.8) is 0 Å². The number of fused-ring (bicyclic) bond motifs is 4. The second-order valence-electron chi connectivity index (χ2n) is 11.1. The Morgan fingerprint density at radius 1 is 1.21 bits per heavy atom. The highest BCUT2D eigenvalue weighted by molar-refractivity contribution is 5.71. The predicted octanol–water partition coefficient (Wildman–Crippen LogP) is 5.90. The first kappa shape index (κ1) is 23.2. The van der Waals surface area contributed by atoms with Crippen LogP contribution in [0.1, 0.15) is 63.6 Å². The Kier molecular flexibility index (Phi) is 6.05. The molecule has 6 heteroatoms. The normalized spacial score (nSPS) is 27.1. The predicted molar refractivity (Wildman–Crippen MR) is 131 cm³/mol. The van der Waals surface area contributed by atoms with E-state index in [1.807, 2.05) is 32.0 Å². The summed E-state index contributed by atoms with van der Waals surface area (Å²) in [5.41, 5.74) is 2.74. The minimum atomic E-state index is -0.432. The quantitative estimate of drug-likeness (QED) is 0.610. The largest absolute Gasteiger partial charge is 0.493 e. The fourth-order valence-electron chi connectivity index (χ4n) is 5.58. The van der Waals surface area contributed by atoms with E-state index in [9.17, 15) is 4.79 Å². The summed E-state index contributed by atoms with van der Waals surface area (Å²) in [7, 11) is 0. The molecule has 0 radical (unpaired) electrons. The zero-order valence-electron chi connectivity index (χ0n) is 20.6. The van der Waals surface area contributed by atoms with Gasteiger partial charge in [-0.2, -0.15) is 0 Å². The number of nitrogens with one attached hydrogen (secondary N) is 1. The first-order chi connectivity index (χ1) is 16.2. The molecule has 4 aliphatic heterocycles. The number of benzene rings is 2. The van der Waals surface area contributed by atoms with Gasteiger partial charge in [0.1, 0.15) is 17.7 Å². The number of carbonyl (C=O) groups is 1. The van der Waals surface area contributed by atoms with Crippen LogP contribution < -0.4 is 10.1 Å². The summed E-state index contributed by atoms with van der Waals surface area (Å²) in [5, 5.41) is 3.06. The van der Waals surface area contributed by atoms with Gasteiger partial charge in [0.05, 0.1) is 12.6 Å². The van der Waals surface area contributed by atoms with Crippen LogP contribution in [0.4, 0.5) is 9.18 Å². The summed E-state index contributed by atoms with van der Waals surface area (Å²) >= 11 is 0. The number of hydrogen-bond donors (Lipinski definition) is 1. The first-order valence-corrected chi connectivity index (χ1v) is 12.5. The van der Waals surface area contributed by atoms with Crippen molar-refractivity contribution in [1.29, 1.82) is 0 Å². The molecule has 0 aliphatic carbocycles. The van der Waals surface area contributed by atoms with E-state index >= 15 is 4.39 Å². The molecular weight excluding hydrogens is 431 g/mol. The fourth-order valence-corrected chi connectivity index (χ4v) is 5.58. The van der Waals surface area contributed by atoms with Gasteiger partial charge in [0.15, 0.2) is 0 Å². The third-order valence-corrected chi connectivity index (χ3v) is 7.77. The third kappa shape index (κ3) is 4.40. The molecule has 6 rings (SSSR count). The van der Waals surface area contributed by atoms with Crippen LogP contribution in [0.5, 0.6) is 5.75 Å². The Hall–Kier alpha value is -2.60. The van der Waals surface area contributed by atoms with Crippen molar-refractivity contribution in [3.05, 3.63) is 53.3 Å². The van der Waals surface area contributed by atoms with Gasteiger partial charge >= 0.3 is 6.09 Å². The Bertz CT molecular complexity index is 1080. The van der Waals surface area contributed by atoms with Gasteiger partial charge in [0.2, 0.25) is 0 Å². The van der Waals surface area contributed by atoms with E-state index in [4.69, 9.17) is 9.47 Å². The van der Waals surface area contributed by atoms with E-state index < -0.39 is 17.6 Å². The number of nitrogens with zero attached hydrogens (tertiary/aromatic N) is 1. The maximum absolute atomic E-state index is 15.4. The van der Waals surface area contributed by atoms with E-state index in [2.05, 4.69) is 30.1 Å². The number of alkyl carbamates (subject to hydrolysis) is 1. The average molecular weight is 467 g/mol. The molecule has 0 spiro atoms. The summed E-state index contributed by atoms with van der Waals surface area (Å²) in [6, 6.07) is 10.9. The van der Waals surface area contributed by atoms with Crippen LogP contribution >= 0.6 is 0 Å². The van der Waals surface area contributed by atoms with Crippen LogP contribution in [0, 0.1) is 17.2 Å². The second kappa shape index (κ2) is 8.88. The molecule has 1 amide bonds. The fraction of sp³-hybridized carbons (Fsp3) is 0.536. The number of carbonyl (C=O) groups excluding carboxylic acids is 1. The molecule has 34 heavy (non-hydrogen) atoms. The Morgan fingerprint density at radius 3 is 2.65 bits per heavy atom. The van der Waals surface area contributed by atoms with E-state index in [0.717, 1.165) is 43.6 Å². The molecule has 2 unspecified atom stereocenters. The standard InChI is InChI=1S/C28H35FN2O3/c1-17(2)19-6-5-7-20(12-19)21-14-24-22(13-23(21)29)26(28(3,4)16-33-24)30-27(32)34-25-15-31-10-8-18(25)9-11-31/h5-7,12-14,17-18,25-26H,8-11,15-16H2,1-4H3,(H,30,32). The molecule has 4 aliphatic rings. The number of amides is 1. The molecule has 3 fully saturated rings. The molecule has 4 heterocycles. The van der Waals surface area contributed by atoms with E-state index in [-0.39, 0.29) is 11.9 Å². The number of rotatable bonds is 4. The smallest absolute Gasteiger partial charge is 0.407 e. The maximum atomic E-state index is 15.4. The summed E-state index contributed by atoms with van der Waals surface area (Å²) in [5.74, 6) is 1.08. The first-order valence-electron chi connectivity index (χ1n) is 12.5. The van der Waals surface area contributed by atoms with E-state index in [1.165, 1.54) is 6.07 Å². The summed E-state index contributed by atoms with van der Waals surface area (Å²) < 4.78 is 27.4. The second-order valence-corrected chi connectivity index (χ2v) is 11.1. The van der Waals surface area contributed by atoms with Crippen molar-refractivity contribution >= 4 is 6.09 Å². The average Bonchev–Trinajstić information content (AvgIpc) is 2.82. The monoisotopic (exact) mass is 466 g/mol. The zero-order chi connectivity index (χ0) is 24.0. The van der Waals surface area contributed by atoms with Crippen LogP contribution in [-0.2, 0) is 4.74 Å². The van der Waals surface area contributed by atoms with Gasteiger partial charge in [0.25, 0.3) is 0 Å². The van der Waals surface area contributed by atoms with Gasteiger partial charge in [-0.25, -0.2) is 9.18 Å². The lowest BCUT2D eigenvalue weighted by molar-refractivity contribution is -0.0361. The molecule has 2 atom stereocenters. The Morgan fingerprint density at radius 2 is 1.97 bits per heavy atom. The zero-order valence-corrected chi connectivity index (χ0v) is 20.6. The number of halogens is 1. The van der Waals surface area contributed by atoms with E-state index in [1.54, 1.807) is 6.07 Å². The summed E-state index contributed by atoms with van der Waals surface area (Å²) in [4.78, 5) is 15.3. The van der Waals surface area contributed by atoms with Crippen LogP contribution in [0.3, 0.4) is 0 Å². The molecule has 1 N–H and O–H groups in total. The molecule has 2 aromatic carbocycles. The highest BCUT2D eigenvalue weighted by Gasteiger charge is 2.41. The summed E-state index contributed by atoms with van der Waals surface area (Å²) in [6.45, 7) is 11.7. The van der Waals surface area contributed by atoms with Gasteiger partial charge < -0.3 is 14.8 Å². The maximum Gasteiger partial charge on any atom is 0.407 e. The van der Waals surface area contributed by atoms with Gasteiger partial charge in [-0.05, 0) is 61.0 Å². The van der Waals surface area contributed by atoms with Crippen LogP contribution in [0.15, 0.2) is 36.4 Å². The van der Waals surface area contributed by atoms with E-state index in [0.29, 0.717) is 35.3 Å². The number of ether oxygens (including phenoxy) is 2. The third-order valence-electron chi connectivity index (χ3n) is 7.77.